The van der Waals surface area contributed by atoms with Gasteiger partial charge in [0.05, 0.1) is 19.8 Å². The van der Waals surface area contributed by atoms with Crippen molar-refractivity contribution in [1.82, 2.24) is 0 Å². The minimum atomic E-state index is -1.06. The van der Waals surface area contributed by atoms with E-state index >= 15 is 0 Å². The van der Waals surface area contributed by atoms with Gasteiger partial charge < -0.3 is 14.6 Å². The van der Waals surface area contributed by atoms with Crippen molar-refractivity contribution >= 4 is 0 Å². The number of hydrogen-bond acceptors (Lipinski definition) is 3. The smallest absolute Gasteiger partial charge is 0.159 e. The van der Waals surface area contributed by atoms with Gasteiger partial charge in [-0.05, 0) is 13.8 Å². The van der Waals surface area contributed by atoms with E-state index in [9.17, 15) is 0 Å². The van der Waals surface area contributed by atoms with Crippen LogP contribution in [0.3, 0.4) is 0 Å². The van der Waals surface area contributed by atoms with E-state index in [1.807, 2.05) is 0 Å². The van der Waals surface area contributed by atoms with E-state index < -0.39 is 5.79 Å². The van der Waals surface area contributed by atoms with E-state index in [0.29, 0.717) is 19.8 Å². The summed E-state index contributed by atoms with van der Waals surface area (Å²) in [7, 11) is 0. The highest BCUT2D eigenvalue weighted by Crippen LogP contribution is 2.01. The van der Waals surface area contributed by atoms with Gasteiger partial charge in [0, 0.05) is 0 Å². The summed E-state index contributed by atoms with van der Waals surface area (Å²) in [4.78, 5) is 0. The molecule has 0 atom stereocenters. The summed E-state index contributed by atoms with van der Waals surface area (Å²) in [6.45, 7) is 8.06. The standard InChI is InChI=1S/C8H16O3/c1-4-5-10-6-7-11-8(2,3)9/h4,9H,1,5-7H2,2-3H3. The molecule has 0 spiro atoms. The van der Waals surface area contributed by atoms with Gasteiger partial charge >= 0.3 is 0 Å². The van der Waals surface area contributed by atoms with Gasteiger partial charge in [0.2, 0.25) is 0 Å². The quantitative estimate of drug-likeness (QED) is 0.357. The molecular weight excluding hydrogens is 144 g/mol. The van der Waals surface area contributed by atoms with Gasteiger partial charge in [-0.15, -0.1) is 6.58 Å². The van der Waals surface area contributed by atoms with Crippen LogP contribution in [-0.2, 0) is 9.47 Å². The summed E-state index contributed by atoms with van der Waals surface area (Å²) in [5.41, 5.74) is 0. The second-order valence-corrected chi connectivity index (χ2v) is 2.66. The van der Waals surface area contributed by atoms with Crippen molar-refractivity contribution in [1.29, 1.82) is 0 Å². The molecule has 0 rings (SSSR count). The molecule has 3 heteroatoms. The Hall–Kier alpha value is -0.380. The van der Waals surface area contributed by atoms with Crippen LogP contribution >= 0.6 is 0 Å². The summed E-state index contributed by atoms with van der Waals surface area (Å²) in [6, 6.07) is 0. The maximum absolute atomic E-state index is 9.08. The molecule has 0 fully saturated rings. The van der Waals surface area contributed by atoms with Gasteiger partial charge in [-0.3, -0.25) is 0 Å². The summed E-state index contributed by atoms with van der Waals surface area (Å²) >= 11 is 0. The largest absolute Gasteiger partial charge is 0.375 e. The zero-order valence-electron chi connectivity index (χ0n) is 7.17. The van der Waals surface area contributed by atoms with E-state index in [1.54, 1.807) is 19.9 Å². The van der Waals surface area contributed by atoms with Crippen molar-refractivity contribution in [2.75, 3.05) is 19.8 Å². The highest BCUT2D eigenvalue weighted by molar-refractivity contribution is 4.63. The average Bonchev–Trinajstić information content (AvgIpc) is 1.85. The predicted octanol–water partition coefficient (Wildman–Crippen LogP) is 0.934. The molecule has 0 heterocycles. The third kappa shape index (κ3) is 9.62. The van der Waals surface area contributed by atoms with E-state index in [4.69, 9.17) is 14.6 Å². The van der Waals surface area contributed by atoms with Crippen molar-refractivity contribution < 1.29 is 14.6 Å². The van der Waals surface area contributed by atoms with E-state index in [2.05, 4.69) is 6.58 Å². The minimum absolute atomic E-state index is 0.400. The summed E-state index contributed by atoms with van der Waals surface area (Å²) in [6.07, 6.45) is 1.67. The third-order valence-electron chi connectivity index (χ3n) is 0.919. The molecule has 1 N–H and O–H groups in total. The van der Waals surface area contributed by atoms with E-state index in [0.717, 1.165) is 0 Å². The van der Waals surface area contributed by atoms with Gasteiger partial charge in [0.25, 0.3) is 0 Å². The first-order valence-electron chi connectivity index (χ1n) is 3.61. The zero-order chi connectivity index (χ0) is 8.74. The number of aliphatic hydroxyl groups is 1. The van der Waals surface area contributed by atoms with Gasteiger partial charge in [-0.2, -0.15) is 0 Å². The van der Waals surface area contributed by atoms with Crippen LogP contribution in [0.5, 0.6) is 0 Å². The second-order valence-electron chi connectivity index (χ2n) is 2.66. The van der Waals surface area contributed by atoms with E-state index in [1.165, 1.54) is 0 Å². The highest BCUT2D eigenvalue weighted by Gasteiger charge is 2.10. The molecule has 0 aliphatic rings. The second kappa shape index (κ2) is 5.29. The molecule has 0 saturated heterocycles. The molecule has 0 aliphatic carbocycles. The molecule has 0 saturated carbocycles. The van der Waals surface area contributed by atoms with Gasteiger partial charge in [-0.25, -0.2) is 0 Å². The SMILES string of the molecule is C=CCOCCOC(C)(C)O. The van der Waals surface area contributed by atoms with Crippen molar-refractivity contribution in [2.24, 2.45) is 0 Å². The first-order chi connectivity index (χ1) is 5.06. The Labute approximate surface area is 67.6 Å². The fourth-order valence-electron chi connectivity index (χ4n) is 0.517. The molecule has 0 aromatic heterocycles. The number of ether oxygens (including phenoxy) is 2. The fraction of sp³-hybridized carbons (Fsp3) is 0.750. The molecule has 0 aromatic rings. The molecule has 0 aliphatic heterocycles. The van der Waals surface area contributed by atoms with Crippen molar-refractivity contribution in [2.45, 2.75) is 19.6 Å². The summed E-state index contributed by atoms with van der Waals surface area (Å²) < 4.78 is 10.00. The molecule has 0 bridgehead atoms. The number of hydrogen-bond donors (Lipinski definition) is 1. The average molecular weight is 160 g/mol. The van der Waals surface area contributed by atoms with Crippen molar-refractivity contribution in [3.63, 3.8) is 0 Å². The lowest BCUT2D eigenvalue weighted by Gasteiger charge is -2.17. The lowest BCUT2D eigenvalue weighted by atomic mass is 10.4. The number of rotatable bonds is 6. The van der Waals surface area contributed by atoms with Crippen molar-refractivity contribution in [3.05, 3.63) is 12.7 Å². The molecule has 11 heavy (non-hydrogen) atoms. The van der Waals surface area contributed by atoms with Crippen LogP contribution in [-0.4, -0.2) is 30.7 Å². The molecule has 0 aromatic carbocycles. The molecule has 0 radical (unpaired) electrons. The normalized spacial score (nSPS) is 11.5. The molecule has 66 valence electrons. The maximum Gasteiger partial charge on any atom is 0.159 e. The monoisotopic (exact) mass is 160 g/mol. The lowest BCUT2D eigenvalue weighted by molar-refractivity contribution is -0.182. The van der Waals surface area contributed by atoms with Crippen LogP contribution in [0.4, 0.5) is 0 Å². The van der Waals surface area contributed by atoms with Crippen LogP contribution < -0.4 is 0 Å². The first kappa shape index (κ1) is 10.6. The Morgan fingerprint density at radius 2 is 2.09 bits per heavy atom. The Bertz CT molecular complexity index is 104. The van der Waals surface area contributed by atoms with Crippen LogP contribution in [0, 0.1) is 0 Å². The molecule has 3 nitrogen and oxygen atoms in total. The van der Waals surface area contributed by atoms with E-state index in [-0.39, 0.29) is 0 Å². The van der Waals surface area contributed by atoms with Crippen LogP contribution in [0.2, 0.25) is 0 Å². The Balaban J connectivity index is 3.08. The minimum Gasteiger partial charge on any atom is -0.375 e. The zero-order valence-corrected chi connectivity index (χ0v) is 7.17. The van der Waals surface area contributed by atoms with Gasteiger partial charge in [0.1, 0.15) is 0 Å². The Kier molecular flexibility index (Phi) is 5.11. The van der Waals surface area contributed by atoms with Crippen LogP contribution in [0.25, 0.3) is 0 Å². The molecule has 0 amide bonds. The predicted molar refractivity (Wildman–Crippen MR) is 43.3 cm³/mol. The topological polar surface area (TPSA) is 38.7 Å². The highest BCUT2D eigenvalue weighted by atomic mass is 16.6. The Morgan fingerprint density at radius 1 is 1.45 bits per heavy atom. The maximum atomic E-state index is 9.08. The van der Waals surface area contributed by atoms with Crippen LogP contribution in [0.15, 0.2) is 12.7 Å². The Morgan fingerprint density at radius 3 is 2.55 bits per heavy atom. The van der Waals surface area contributed by atoms with Crippen molar-refractivity contribution in [3.8, 4) is 0 Å². The fourth-order valence-corrected chi connectivity index (χ4v) is 0.517. The van der Waals surface area contributed by atoms with Gasteiger partial charge in [0.15, 0.2) is 5.79 Å². The summed E-state index contributed by atoms with van der Waals surface area (Å²) in [5, 5.41) is 9.08. The summed E-state index contributed by atoms with van der Waals surface area (Å²) in [5.74, 6) is -1.06. The lowest BCUT2D eigenvalue weighted by Crippen LogP contribution is -2.25. The molecule has 0 unspecified atom stereocenters. The van der Waals surface area contributed by atoms with Crippen LogP contribution in [0.1, 0.15) is 13.8 Å². The third-order valence-corrected chi connectivity index (χ3v) is 0.919. The molecular formula is C8H16O3. The van der Waals surface area contributed by atoms with Gasteiger partial charge in [-0.1, -0.05) is 6.08 Å². The first-order valence-corrected chi connectivity index (χ1v) is 3.61.